The van der Waals surface area contributed by atoms with Gasteiger partial charge in [-0.05, 0) is 48.7 Å². The van der Waals surface area contributed by atoms with Gasteiger partial charge in [0.1, 0.15) is 0 Å². The van der Waals surface area contributed by atoms with Crippen molar-refractivity contribution in [1.29, 1.82) is 0 Å². The van der Waals surface area contributed by atoms with E-state index in [0.29, 0.717) is 6.04 Å². The fourth-order valence-corrected chi connectivity index (χ4v) is 5.74. The Kier molecular flexibility index (Phi) is 5.09. The van der Waals surface area contributed by atoms with Crippen molar-refractivity contribution in [2.75, 3.05) is 44.2 Å². The van der Waals surface area contributed by atoms with Gasteiger partial charge in [-0.2, -0.15) is 0 Å². The molecule has 0 amide bonds. The average Bonchev–Trinajstić information content (AvgIpc) is 3.34. The molecule has 5 heteroatoms. The SMILES string of the molecule is c1ccc2cc(-c3ccnc(N4CC[C@@H](N5CCN6CCCCC6C5)C4)n3)ccc2c1. The molecule has 3 fully saturated rings. The lowest BCUT2D eigenvalue weighted by molar-refractivity contribution is 0.0317. The van der Waals surface area contributed by atoms with Gasteiger partial charge in [-0.25, -0.2) is 9.97 Å². The largest absolute Gasteiger partial charge is 0.339 e. The van der Waals surface area contributed by atoms with Crippen molar-refractivity contribution in [3.63, 3.8) is 0 Å². The van der Waals surface area contributed by atoms with Crippen LogP contribution in [0.3, 0.4) is 0 Å². The first-order valence-electron chi connectivity index (χ1n) is 11.9. The predicted octanol–water partition coefficient (Wildman–Crippen LogP) is 4.05. The third-order valence-corrected chi connectivity index (χ3v) is 7.52. The van der Waals surface area contributed by atoms with Gasteiger partial charge in [0.25, 0.3) is 0 Å². The lowest BCUT2D eigenvalue weighted by Gasteiger charge is -2.46. The number of piperidine rings is 1. The minimum atomic E-state index is 0.636. The molecule has 3 aliphatic rings. The zero-order valence-electron chi connectivity index (χ0n) is 18.2. The van der Waals surface area contributed by atoms with Crippen molar-refractivity contribution >= 4 is 16.7 Å². The Hall–Kier alpha value is -2.50. The smallest absolute Gasteiger partial charge is 0.225 e. The highest BCUT2D eigenvalue weighted by molar-refractivity contribution is 5.86. The third kappa shape index (κ3) is 3.81. The Labute approximate surface area is 184 Å². The molecule has 0 spiro atoms. The van der Waals surface area contributed by atoms with Crippen LogP contribution in [0.4, 0.5) is 5.95 Å². The molecule has 0 N–H and O–H groups in total. The van der Waals surface area contributed by atoms with Crippen LogP contribution in [0.5, 0.6) is 0 Å². The molecule has 3 aliphatic heterocycles. The van der Waals surface area contributed by atoms with Crippen LogP contribution in [0.1, 0.15) is 25.7 Å². The monoisotopic (exact) mass is 413 g/mol. The lowest BCUT2D eigenvalue weighted by atomic mass is 9.98. The highest BCUT2D eigenvalue weighted by Crippen LogP contribution is 2.28. The van der Waals surface area contributed by atoms with E-state index in [0.717, 1.165) is 36.3 Å². The molecular formula is C26H31N5. The molecule has 2 aromatic carbocycles. The molecule has 3 saturated heterocycles. The highest BCUT2D eigenvalue weighted by Gasteiger charge is 2.35. The Morgan fingerprint density at radius 3 is 2.58 bits per heavy atom. The lowest BCUT2D eigenvalue weighted by Crippen LogP contribution is -2.57. The maximum absolute atomic E-state index is 4.97. The van der Waals surface area contributed by atoms with Crippen molar-refractivity contribution in [3.05, 3.63) is 54.7 Å². The Balaban J connectivity index is 1.17. The number of hydrogen-bond donors (Lipinski definition) is 0. The van der Waals surface area contributed by atoms with Crippen molar-refractivity contribution in [2.24, 2.45) is 0 Å². The first kappa shape index (κ1) is 19.2. The van der Waals surface area contributed by atoms with Gasteiger partial charge in [-0.15, -0.1) is 0 Å². The van der Waals surface area contributed by atoms with Gasteiger partial charge >= 0.3 is 0 Å². The van der Waals surface area contributed by atoms with Crippen LogP contribution in [0, 0.1) is 0 Å². The van der Waals surface area contributed by atoms with E-state index < -0.39 is 0 Å². The van der Waals surface area contributed by atoms with E-state index in [4.69, 9.17) is 4.98 Å². The van der Waals surface area contributed by atoms with Gasteiger partial charge < -0.3 is 4.90 Å². The molecule has 3 aromatic rings. The Morgan fingerprint density at radius 2 is 1.61 bits per heavy atom. The van der Waals surface area contributed by atoms with Crippen LogP contribution >= 0.6 is 0 Å². The van der Waals surface area contributed by atoms with Gasteiger partial charge in [-0.3, -0.25) is 9.80 Å². The number of piperazine rings is 1. The Morgan fingerprint density at radius 1 is 0.742 bits per heavy atom. The summed E-state index contributed by atoms with van der Waals surface area (Å²) in [6, 6.07) is 18.5. The molecule has 1 aromatic heterocycles. The number of hydrogen-bond acceptors (Lipinski definition) is 5. The molecule has 0 bridgehead atoms. The topological polar surface area (TPSA) is 35.5 Å². The van der Waals surface area contributed by atoms with Gasteiger partial charge in [0.2, 0.25) is 5.95 Å². The highest BCUT2D eigenvalue weighted by atomic mass is 15.3. The average molecular weight is 414 g/mol. The van der Waals surface area contributed by atoms with E-state index >= 15 is 0 Å². The molecule has 0 radical (unpaired) electrons. The number of fused-ring (bicyclic) bond motifs is 2. The summed E-state index contributed by atoms with van der Waals surface area (Å²) in [6.45, 7) is 7.12. The fraction of sp³-hybridized carbons (Fsp3) is 0.462. The van der Waals surface area contributed by atoms with E-state index in [9.17, 15) is 0 Å². The van der Waals surface area contributed by atoms with E-state index in [2.05, 4.69) is 62.1 Å². The number of nitrogens with zero attached hydrogens (tertiary/aromatic N) is 5. The summed E-state index contributed by atoms with van der Waals surface area (Å²) in [7, 11) is 0. The first-order valence-corrected chi connectivity index (χ1v) is 11.9. The van der Waals surface area contributed by atoms with Crippen molar-refractivity contribution < 1.29 is 0 Å². The van der Waals surface area contributed by atoms with Gasteiger partial charge in [0, 0.05) is 56.6 Å². The van der Waals surface area contributed by atoms with E-state index in [1.54, 1.807) is 0 Å². The van der Waals surface area contributed by atoms with Crippen LogP contribution in [-0.4, -0.2) is 71.1 Å². The molecule has 0 saturated carbocycles. The van der Waals surface area contributed by atoms with E-state index in [1.807, 2.05) is 12.3 Å². The third-order valence-electron chi connectivity index (χ3n) is 7.52. The maximum Gasteiger partial charge on any atom is 0.225 e. The normalized spacial score (nSPS) is 25.1. The van der Waals surface area contributed by atoms with Gasteiger partial charge in [0.15, 0.2) is 0 Å². The van der Waals surface area contributed by atoms with Crippen molar-refractivity contribution in [2.45, 2.75) is 37.8 Å². The number of benzene rings is 2. The second-order valence-corrected chi connectivity index (χ2v) is 9.37. The molecule has 160 valence electrons. The molecule has 5 nitrogen and oxygen atoms in total. The Bertz CT molecular complexity index is 1070. The van der Waals surface area contributed by atoms with Crippen molar-refractivity contribution in [1.82, 2.24) is 19.8 Å². The number of aromatic nitrogens is 2. The summed E-state index contributed by atoms with van der Waals surface area (Å²) in [5, 5.41) is 2.52. The summed E-state index contributed by atoms with van der Waals surface area (Å²) in [5.41, 5.74) is 2.17. The molecular weight excluding hydrogens is 382 g/mol. The van der Waals surface area contributed by atoms with Crippen LogP contribution < -0.4 is 4.90 Å². The molecule has 31 heavy (non-hydrogen) atoms. The zero-order chi connectivity index (χ0) is 20.6. The molecule has 6 rings (SSSR count). The molecule has 0 aliphatic carbocycles. The summed E-state index contributed by atoms with van der Waals surface area (Å²) < 4.78 is 0. The predicted molar refractivity (Wildman–Crippen MR) is 126 cm³/mol. The quantitative estimate of drug-likeness (QED) is 0.647. The minimum absolute atomic E-state index is 0.636. The molecule has 4 heterocycles. The van der Waals surface area contributed by atoms with E-state index in [-0.39, 0.29) is 0 Å². The first-order chi connectivity index (χ1) is 15.3. The fourth-order valence-electron chi connectivity index (χ4n) is 5.74. The summed E-state index contributed by atoms with van der Waals surface area (Å²) in [5.74, 6) is 0.879. The number of anilines is 1. The summed E-state index contributed by atoms with van der Waals surface area (Å²) in [6.07, 6.45) is 7.31. The molecule has 2 atom stereocenters. The van der Waals surface area contributed by atoms with Crippen LogP contribution in [-0.2, 0) is 0 Å². The van der Waals surface area contributed by atoms with Crippen LogP contribution in [0.15, 0.2) is 54.7 Å². The summed E-state index contributed by atoms with van der Waals surface area (Å²) >= 11 is 0. The standard InChI is InChI=1S/C26H31N5/c1-2-6-21-17-22(9-8-20(21)5-1)25-10-12-27-26(28-25)31-14-11-24(19-31)30-16-15-29-13-4-3-7-23(29)18-30/h1-2,5-6,8-10,12,17,23-24H,3-4,7,11,13-16,18-19H2/t23?,24-/m1/s1. The zero-order valence-corrected chi connectivity index (χ0v) is 18.2. The van der Waals surface area contributed by atoms with Gasteiger partial charge in [0.05, 0.1) is 5.69 Å². The summed E-state index contributed by atoms with van der Waals surface area (Å²) in [4.78, 5) is 17.5. The molecule has 1 unspecified atom stereocenters. The van der Waals surface area contributed by atoms with Crippen LogP contribution in [0.2, 0.25) is 0 Å². The van der Waals surface area contributed by atoms with Crippen molar-refractivity contribution in [3.8, 4) is 11.3 Å². The second kappa shape index (κ2) is 8.21. The maximum atomic E-state index is 4.97. The number of rotatable bonds is 3. The van der Waals surface area contributed by atoms with E-state index in [1.165, 1.54) is 62.6 Å². The minimum Gasteiger partial charge on any atom is -0.339 e. The van der Waals surface area contributed by atoms with Gasteiger partial charge in [-0.1, -0.05) is 42.8 Å². The van der Waals surface area contributed by atoms with Crippen LogP contribution in [0.25, 0.3) is 22.0 Å². The second-order valence-electron chi connectivity index (χ2n) is 9.37.